The van der Waals surface area contributed by atoms with Gasteiger partial charge in [-0.05, 0) is 68.5 Å². The molecule has 1 atom stereocenters. The molecule has 198 valence electrons. The van der Waals surface area contributed by atoms with E-state index in [2.05, 4.69) is 26.4 Å². The first-order valence-electron chi connectivity index (χ1n) is 13.9. The van der Waals surface area contributed by atoms with Crippen LogP contribution in [0.3, 0.4) is 0 Å². The van der Waals surface area contributed by atoms with Crippen LogP contribution in [0.1, 0.15) is 50.1 Å². The highest BCUT2D eigenvalue weighted by Crippen LogP contribution is 2.47. The molecule has 4 aromatic rings. The maximum absolute atomic E-state index is 9.27. The number of allylic oxidation sites excluding steroid dienone is 3. The Morgan fingerprint density at radius 3 is 2.77 bits per heavy atom. The summed E-state index contributed by atoms with van der Waals surface area (Å²) < 4.78 is 8.19. The fourth-order valence-corrected chi connectivity index (χ4v) is 6.18. The number of anilines is 3. The van der Waals surface area contributed by atoms with Gasteiger partial charge < -0.3 is 25.6 Å². The summed E-state index contributed by atoms with van der Waals surface area (Å²) in [7, 11) is 0. The molecule has 39 heavy (non-hydrogen) atoms. The summed E-state index contributed by atoms with van der Waals surface area (Å²) in [4.78, 5) is 4.60. The molecular formula is C31H32N6O2. The van der Waals surface area contributed by atoms with Crippen molar-refractivity contribution in [3.05, 3.63) is 78.0 Å². The topological polar surface area (TPSA) is 112 Å². The first-order chi connectivity index (χ1) is 19.2. The van der Waals surface area contributed by atoms with Crippen LogP contribution in [-0.2, 0) is 0 Å². The first-order valence-corrected chi connectivity index (χ1v) is 13.9. The van der Waals surface area contributed by atoms with Gasteiger partial charge in [0, 0.05) is 35.9 Å². The third-order valence-corrected chi connectivity index (χ3v) is 8.23. The van der Waals surface area contributed by atoms with E-state index in [-0.39, 0.29) is 12.6 Å². The van der Waals surface area contributed by atoms with E-state index >= 15 is 0 Å². The lowest BCUT2D eigenvalue weighted by Gasteiger charge is -2.29. The highest BCUT2D eigenvalue weighted by Gasteiger charge is 2.35. The van der Waals surface area contributed by atoms with Gasteiger partial charge in [-0.2, -0.15) is 10.1 Å². The molecular weight excluding hydrogens is 488 g/mol. The lowest BCUT2D eigenvalue weighted by Crippen LogP contribution is -2.20. The largest absolute Gasteiger partial charge is 0.423 e. The van der Waals surface area contributed by atoms with E-state index < -0.39 is 0 Å². The number of nitrogens with zero attached hydrogens (tertiary/aromatic N) is 3. The smallest absolute Gasteiger partial charge is 0.300 e. The van der Waals surface area contributed by atoms with Crippen molar-refractivity contribution in [1.82, 2.24) is 14.8 Å². The monoisotopic (exact) mass is 520 g/mol. The fourth-order valence-electron chi connectivity index (χ4n) is 6.18. The number of oxazole rings is 1. The fraction of sp³-hybridized carbons (Fsp3) is 0.323. The van der Waals surface area contributed by atoms with Gasteiger partial charge in [0.2, 0.25) is 0 Å². The van der Waals surface area contributed by atoms with Gasteiger partial charge in [-0.3, -0.25) is 0 Å². The quantitative estimate of drug-likeness (QED) is 0.199. The zero-order valence-corrected chi connectivity index (χ0v) is 21.7. The molecule has 8 heteroatoms. The van der Waals surface area contributed by atoms with Crippen LogP contribution < -0.4 is 10.6 Å². The summed E-state index contributed by atoms with van der Waals surface area (Å²) >= 11 is 0. The second-order valence-corrected chi connectivity index (χ2v) is 10.7. The third kappa shape index (κ3) is 4.55. The molecule has 0 radical (unpaired) electrons. The van der Waals surface area contributed by atoms with E-state index in [1.54, 1.807) is 5.57 Å². The van der Waals surface area contributed by atoms with Crippen molar-refractivity contribution < 1.29 is 9.52 Å². The van der Waals surface area contributed by atoms with E-state index in [1.165, 1.54) is 0 Å². The Bertz CT molecular complexity index is 1590. The molecule has 3 aliphatic rings. The maximum Gasteiger partial charge on any atom is 0.300 e. The lowest BCUT2D eigenvalue weighted by atomic mass is 9.83. The molecule has 3 heterocycles. The van der Waals surface area contributed by atoms with Crippen LogP contribution in [-0.4, -0.2) is 32.2 Å². The highest BCUT2D eigenvalue weighted by atomic mass is 16.4. The van der Waals surface area contributed by atoms with Gasteiger partial charge in [0.05, 0.1) is 11.6 Å². The average Bonchev–Trinajstić information content (AvgIpc) is 3.51. The van der Waals surface area contributed by atoms with Crippen LogP contribution in [0.2, 0.25) is 0 Å². The van der Waals surface area contributed by atoms with E-state index in [0.717, 1.165) is 65.9 Å². The zero-order valence-electron chi connectivity index (χ0n) is 21.7. The van der Waals surface area contributed by atoms with Crippen molar-refractivity contribution in [2.24, 2.45) is 11.8 Å². The van der Waals surface area contributed by atoms with Gasteiger partial charge in [0.1, 0.15) is 17.0 Å². The van der Waals surface area contributed by atoms with Gasteiger partial charge in [0.15, 0.2) is 5.58 Å². The van der Waals surface area contributed by atoms with Crippen LogP contribution >= 0.6 is 0 Å². The molecule has 7 rings (SSSR count). The molecule has 1 aliphatic heterocycles. The number of aliphatic hydroxyl groups excluding tert-OH is 1. The molecule has 0 bridgehead atoms. The number of aromatic nitrogens is 3. The van der Waals surface area contributed by atoms with Gasteiger partial charge in [-0.1, -0.05) is 42.0 Å². The van der Waals surface area contributed by atoms with Gasteiger partial charge >= 0.3 is 0 Å². The van der Waals surface area contributed by atoms with Gasteiger partial charge in [-0.15, -0.1) is 0 Å². The maximum atomic E-state index is 9.27. The van der Waals surface area contributed by atoms with Crippen molar-refractivity contribution in [2.45, 2.75) is 44.6 Å². The van der Waals surface area contributed by atoms with Gasteiger partial charge in [0.25, 0.3) is 6.01 Å². The normalized spacial score (nSPS) is 22.2. The summed E-state index contributed by atoms with van der Waals surface area (Å²) in [5.74, 6) is 2.05. The van der Waals surface area contributed by atoms with Crippen LogP contribution in [0.25, 0.3) is 22.4 Å². The minimum absolute atomic E-state index is 0.262. The molecule has 0 saturated heterocycles. The molecule has 2 aliphatic carbocycles. The van der Waals surface area contributed by atoms with Crippen molar-refractivity contribution in [2.75, 3.05) is 17.2 Å². The third-order valence-electron chi connectivity index (χ3n) is 8.23. The molecule has 8 nitrogen and oxygen atoms in total. The number of aliphatic hydroxyl groups is 1. The molecule has 2 aromatic carbocycles. The summed E-state index contributed by atoms with van der Waals surface area (Å²) in [5.41, 5.74) is 7.04. The number of nitrogens with one attached hydrogen (secondary N) is 3. The molecule has 1 saturated carbocycles. The summed E-state index contributed by atoms with van der Waals surface area (Å²) in [6, 6.07) is 16.5. The van der Waals surface area contributed by atoms with Crippen molar-refractivity contribution in [3.8, 4) is 11.3 Å². The predicted octanol–water partition coefficient (Wildman–Crippen LogP) is 6.80. The molecule has 1 unspecified atom stereocenters. The number of rotatable bonds is 7. The Kier molecular flexibility index (Phi) is 6.04. The molecule has 2 aromatic heterocycles. The van der Waals surface area contributed by atoms with Crippen LogP contribution in [0.5, 0.6) is 0 Å². The van der Waals surface area contributed by atoms with Crippen molar-refractivity contribution in [1.29, 1.82) is 5.41 Å². The number of fused-ring (bicyclic) bond motifs is 2. The Labute approximate surface area is 227 Å². The zero-order chi connectivity index (χ0) is 26.3. The number of hydrogen-bond donors (Lipinski definition) is 4. The van der Waals surface area contributed by atoms with Crippen LogP contribution in [0, 0.1) is 17.2 Å². The molecule has 0 spiro atoms. The summed E-state index contributed by atoms with van der Waals surface area (Å²) in [6.07, 6.45) is 12.1. The Balaban J connectivity index is 1.18. The van der Waals surface area contributed by atoms with Crippen LogP contribution in [0.4, 0.5) is 17.5 Å². The molecule has 0 amide bonds. The Morgan fingerprint density at radius 1 is 1.10 bits per heavy atom. The summed E-state index contributed by atoms with van der Waals surface area (Å²) in [6.45, 7) is 0.262. The molecule has 4 N–H and O–H groups in total. The number of para-hydroxylation sites is 1. The van der Waals surface area contributed by atoms with E-state index in [1.807, 2.05) is 60.8 Å². The number of benzene rings is 2. The second kappa shape index (κ2) is 9.85. The second-order valence-electron chi connectivity index (χ2n) is 10.7. The van der Waals surface area contributed by atoms with E-state index in [9.17, 15) is 5.11 Å². The van der Waals surface area contributed by atoms with Crippen molar-refractivity contribution in [3.63, 3.8) is 0 Å². The summed E-state index contributed by atoms with van der Waals surface area (Å²) in [5, 5.41) is 29.9. The van der Waals surface area contributed by atoms with Crippen molar-refractivity contribution >= 4 is 34.3 Å². The highest BCUT2D eigenvalue weighted by molar-refractivity contribution is 6.09. The Hall–Kier alpha value is -4.17. The van der Waals surface area contributed by atoms with Crippen LogP contribution in [0.15, 0.2) is 76.9 Å². The van der Waals surface area contributed by atoms with E-state index in [4.69, 9.17) is 14.9 Å². The first kappa shape index (κ1) is 23.9. The van der Waals surface area contributed by atoms with Gasteiger partial charge in [-0.25, -0.2) is 4.68 Å². The SMILES string of the molecule is N=C1CC=CNc2c1c(-c1ccc3nc(Nc4ccccc4)oc3c1)nn2C1CCC(C2=CC2CCO)CC1. The molecule has 1 fully saturated rings. The Morgan fingerprint density at radius 2 is 1.95 bits per heavy atom. The number of hydrogen-bond acceptors (Lipinski definition) is 7. The standard InChI is InChI=1S/C31H32N6O2/c32-25-7-4-15-33-30-28(25)29(36-37(30)23-11-8-19(9-12-23)24-17-20(24)14-16-38)21-10-13-26-27(18-21)39-31(35-26)34-22-5-2-1-3-6-22/h1-6,10,13,15,17-20,23,32-33,38H,7-9,11-12,14,16H2,(H,34,35). The predicted molar refractivity (Wildman–Crippen MR) is 153 cm³/mol. The average molecular weight is 521 g/mol. The minimum atomic E-state index is 0.262. The minimum Gasteiger partial charge on any atom is -0.423 e. The lowest BCUT2D eigenvalue weighted by molar-refractivity contribution is 0.269. The van der Waals surface area contributed by atoms with E-state index in [0.29, 0.717) is 35.6 Å².